The SMILES string of the molecule is CS(=O)(=O)NC(=O)c1cnc(Nc2c3c(cc4c2CCC4)CCC3)o1. The zero-order chi connectivity index (χ0) is 17.6. The second kappa shape index (κ2) is 5.87. The van der Waals surface area contributed by atoms with Crippen molar-refractivity contribution in [2.24, 2.45) is 0 Å². The maximum absolute atomic E-state index is 11.8. The molecule has 1 aromatic heterocycles. The molecule has 132 valence electrons. The molecular formula is C17H19N3O4S. The summed E-state index contributed by atoms with van der Waals surface area (Å²) in [6.45, 7) is 0. The average molecular weight is 361 g/mol. The summed E-state index contributed by atoms with van der Waals surface area (Å²) in [5.74, 6) is -0.969. The Bertz CT molecular complexity index is 930. The minimum Gasteiger partial charge on any atom is -0.418 e. The van der Waals surface area contributed by atoms with Gasteiger partial charge in [0.25, 0.3) is 6.01 Å². The molecule has 2 aliphatic rings. The van der Waals surface area contributed by atoms with Gasteiger partial charge in [-0.25, -0.2) is 18.1 Å². The molecule has 0 radical (unpaired) electrons. The fourth-order valence-electron chi connectivity index (χ4n) is 3.73. The molecule has 0 atom stereocenters. The largest absolute Gasteiger partial charge is 0.418 e. The van der Waals surface area contributed by atoms with Crippen LogP contribution in [0.15, 0.2) is 16.7 Å². The van der Waals surface area contributed by atoms with Crippen molar-refractivity contribution in [2.45, 2.75) is 38.5 Å². The van der Waals surface area contributed by atoms with E-state index in [1.807, 2.05) is 4.72 Å². The van der Waals surface area contributed by atoms with E-state index in [0.717, 1.165) is 50.5 Å². The highest BCUT2D eigenvalue weighted by Gasteiger charge is 2.25. The van der Waals surface area contributed by atoms with E-state index >= 15 is 0 Å². The molecule has 8 heteroatoms. The van der Waals surface area contributed by atoms with E-state index in [4.69, 9.17) is 4.42 Å². The molecule has 0 fully saturated rings. The van der Waals surface area contributed by atoms with E-state index in [-0.39, 0.29) is 11.8 Å². The minimum absolute atomic E-state index is 0.142. The van der Waals surface area contributed by atoms with Gasteiger partial charge in [0.05, 0.1) is 12.5 Å². The van der Waals surface area contributed by atoms with E-state index in [1.165, 1.54) is 28.5 Å². The van der Waals surface area contributed by atoms with Gasteiger partial charge in [0.15, 0.2) is 0 Å². The quantitative estimate of drug-likeness (QED) is 0.865. The smallest absolute Gasteiger partial charge is 0.302 e. The third-order valence-corrected chi connectivity index (χ3v) is 5.27. The number of sulfonamides is 1. The van der Waals surface area contributed by atoms with Crippen LogP contribution in [0.2, 0.25) is 0 Å². The Hall–Kier alpha value is -2.35. The molecule has 1 aromatic carbocycles. The molecule has 1 heterocycles. The third kappa shape index (κ3) is 3.13. The molecule has 2 aromatic rings. The van der Waals surface area contributed by atoms with Crippen LogP contribution in [0.3, 0.4) is 0 Å². The van der Waals surface area contributed by atoms with Crippen molar-refractivity contribution in [2.75, 3.05) is 11.6 Å². The lowest BCUT2D eigenvalue weighted by molar-refractivity contribution is 0.0955. The number of carbonyl (C=O) groups excluding carboxylic acids is 1. The summed E-state index contributed by atoms with van der Waals surface area (Å²) in [5.41, 5.74) is 6.43. The predicted molar refractivity (Wildman–Crippen MR) is 92.6 cm³/mol. The summed E-state index contributed by atoms with van der Waals surface area (Å²) in [7, 11) is -3.64. The number of hydrogen-bond acceptors (Lipinski definition) is 6. The van der Waals surface area contributed by atoms with Crippen LogP contribution in [0.1, 0.15) is 45.7 Å². The summed E-state index contributed by atoms with van der Waals surface area (Å²) < 4.78 is 29.6. The highest BCUT2D eigenvalue weighted by Crippen LogP contribution is 2.39. The fourth-order valence-corrected chi connectivity index (χ4v) is 4.17. The van der Waals surface area contributed by atoms with E-state index in [1.54, 1.807) is 0 Å². The lowest BCUT2D eigenvalue weighted by Crippen LogP contribution is -2.28. The highest BCUT2D eigenvalue weighted by molar-refractivity contribution is 7.89. The Morgan fingerprint density at radius 1 is 1.12 bits per heavy atom. The van der Waals surface area contributed by atoms with E-state index < -0.39 is 15.9 Å². The number of amides is 1. The normalized spacial score (nSPS) is 15.7. The van der Waals surface area contributed by atoms with Crippen molar-refractivity contribution in [3.63, 3.8) is 0 Å². The van der Waals surface area contributed by atoms with Gasteiger partial charge in [-0.15, -0.1) is 0 Å². The van der Waals surface area contributed by atoms with Crippen molar-refractivity contribution in [3.05, 3.63) is 40.3 Å². The predicted octanol–water partition coefficient (Wildman–Crippen LogP) is 2.09. The Kier molecular flexibility index (Phi) is 3.79. The molecule has 0 bridgehead atoms. The number of aryl methyl sites for hydroxylation is 2. The van der Waals surface area contributed by atoms with Crippen molar-refractivity contribution >= 4 is 27.6 Å². The Morgan fingerprint density at radius 3 is 2.36 bits per heavy atom. The maximum Gasteiger partial charge on any atom is 0.302 e. The van der Waals surface area contributed by atoms with Crippen molar-refractivity contribution in [1.82, 2.24) is 9.71 Å². The molecule has 1 amide bonds. The van der Waals surface area contributed by atoms with E-state index in [9.17, 15) is 13.2 Å². The van der Waals surface area contributed by atoms with Crippen molar-refractivity contribution in [3.8, 4) is 0 Å². The molecule has 0 spiro atoms. The monoisotopic (exact) mass is 361 g/mol. The van der Waals surface area contributed by atoms with Crippen LogP contribution in [-0.4, -0.2) is 25.6 Å². The molecule has 2 aliphatic carbocycles. The van der Waals surface area contributed by atoms with Gasteiger partial charge in [0.1, 0.15) is 0 Å². The van der Waals surface area contributed by atoms with Crippen molar-refractivity contribution in [1.29, 1.82) is 0 Å². The molecule has 0 unspecified atom stereocenters. The Morgan fingerprint density at radius 2 is 1.76 bits per heavy atom. The van der Waals surface area contributed by atoms with E-state index in [2.05, 4.69) is 16.4 Å². The molecular weight excluding hydrogens is 342 g/mol. The fraction of sp³-hybridized carbons (Fsp3) is 0.412. The van der Waals surface area contributed by atoms with Crippen molar-refractivity contribution < 1.29 is 17.6 Å². The molecule has 7 nitrogen and oxygen atoms in total. The van der Waals surface area contributed by atoms with Crippen LogP contribution in [-0.2, 0) is 35.7 Å². The number of fused-ring (bicyclic) bond motifs is 2. The lowest BCUT2D eigenvalue weighted by Gasteiger charge is -2.14. The van der Waals surface area contributed by atoms with Crippen LogP contribution in [0.5, 0.6) is 0 Å². The maximum atomic E-state index is 11.8. The van der Waals surface area contributed by atoms with Gasteiger partial charge >= 0.3 is 5.91 Å². The Labute approximate surface area is 145 Å². The first-order valence-electron chi connectivity index (χ1n) is 8.32. The third-order valence-electron chi connectivity index (χ3n) is 4.71. The summed E-state index contributed by atoms with van der Waals surface area (Å²) >= 11 is 0. The van der Waals surface area contributed by atoms with Crippen LogP contribution >= 0.6 is 0 Å². The first kappa shape index (κ1) is 16.1. The molecule has 0 saturated carbocycles. The summed E-state index contributed by atoms with van der Waals surface area (Å²) in [6, 6.07) is 2.53. The summed E-state index contributed by atoms with van der Waals surface area (Å²) in [4.78, 5) is 15.9. The molecule has 4 rings (SSSR count). The number of rotatable bonds is 4. The van der Waals surface area contributed by atoms with Crippen LogP contribution in [0.25, 0.3) is 0 Å². The standard InChI is InChI=1S/C17H19N3O4S/c1-25(22,23)20-16(21)14-9-18-17(24-14)19-15-12-6-2-4-10(12)8-11-5-3-7-13(11)15/h8-9H,2-7H2,1H3,(H,18,19)(H,20,21). The first-order valence-corrected chi connectivity index (χ1v) is 10.2. The number of aromatic nitrogens is 1. The number of anilines is 2. The highest BCUT2D eigenvalue weighted by atomic mass is 32.2. The molecule has 25 heavy (non-hydrogen) atoms. The first-order chi connectivity index (χ1) is 11.9. The number of carbonyl (C=O) groups is 1. The number of hydrogen-bond donors (Lipinski definition) is 2. The average Bonchev–Trinajstić information content (AvgIpc) is 3.24. The van der Waals surface area contributed by atoms with Gasteiger partial charge in [-0.2, -0.15) is 0 Å². The number of oxazole rings is 1. The zero-order valence-electron chi connectivity index (χ0n) is 13.9. The zero-order valence-corrected chi connectivity index (χ0v) is 14.7. The van der Waals surface area contributed by atoms with Gasteiger partial charge in [-0.05, 0) is 60.8 Å². The summed E-state index contributed by atoms with van der Waals surface area (Å²) in [5, 5.41) is 3.24. The van der Waals surface area contributed by atoms with Gasteiger partial charge in [-0.3, -0.25) is 4.79 Å². The second-order valence-corrected chi connectivity index (χ2v) is 8.34. The summed E-state index contributed by atoms with van der Waals surface area (Å²) in [6.07, 6.45) is 8.64. The van der Waals surface area contributed by atoms with Crippen LogP contribution < -0.4 is 10.0 Å². The number of nitrogens with one attached hydrogen (secondary N) is 2. The molecule has 2 N–H and O–H groups in total. The second-order valence-electron chi connectivity index (χ2n) is 6.59. The lowest BCUT2D eigenvalue weighted by atomic mass is 9.99. The topological polar surface area (TPSA) is 101 Å². The van der Waals surface area contributed by atoms with Gasteiger partial charge in [0, 0.05) is 5.69 Å². The van der Waals surface area contributed by atoms with Crippen LogP contribution in [0, 0.1) is 0 Å². The molecule has 0 saturated heterocycles. The number of benzene rings is 1. The van der Waals surface area contributed by atoms with Crippen LogP contribution in [0.4, 0.5) is 11.7 Å². The Balaban J connectivity index is 1.63. The van der Waals surface area contributed by atoms with E-state index in [0.29, 0.717) is 0 Å². The van der Waals surface area contributed by atoms with Gasteiger partial charge in [0.2, 0.25) is 15.8 Å². The van der Waals surface area contributed by atoms with Gasteiger partial charge < -0.3 is 9.73 Å². The minimum atomic E-state index is -3.64. The molecule has 0 aliphatic heterocycles. The van der Waals surface area contributed by atoms with Gasteiger partial charge in [-0.1, -0.05) is 6.07 Å². The number of nitrogens with zero attached hydrogens (tertiary/aromatic N) is 1.